The Morgan fingerprint density at radius 1 is 1.25 bits per heavy atom. The zero-order valence-corrected chi connectivity index (χ0v) is 15.5. The average molecular weight is 369 g/mol. The topological polar surface area (TPSA) is 32.8 Å². The van der Waals surface area contributed by atoms with Crippen molar-refractivity contribution in [3.63, 3.8) is 0 Å². The summed E-state index contributed by atoms with van der Waals surface area (Å²) in [5, 5.41) is 0.837. The normalized spacial score (nSPS) is 22.0. The van der Waals surface area contributed by atoms with Crippen LogP contribution >= 0.6 is 23.4 Å². The van der Waals surface area contributed by atoms with E-state index in [0.717, 1.165) is 74.3 Å². The monoisotopic (exact) mass is 368 g/mol. The summed E-state index contributed by atoms with van der Waals surface area (Å²) in [4.78, 5) is 17.9. The van der Waals surface area contributed by atoms with E-state index in [1.165, 1.54) is 0 Å². The van der Waals surface area contributed by atoms with Gasteiger partial charge in [0, 0.05) is 37.7 Å². The van der Waals surface area contributed by atoms with E-state index in [-0.39, 0.29) is 12.0 Å². The van der Waals surface area contributed by atoms with Crippen molar-refractivity contribution >= 4 is 29.3 Å². The summed E-state index contributed by atoms with van der Waals surface area (Å²) < 4.78 is 5.51. The Labute approximate surface area is 153 Å². The number of benzene rings is 1. The number of halogens is 1. The molecule has 0 aliphatic carbocycles. The van der Waals surface area contributed by atoms with Gasteiger partial charge in [-0.1, -0.05) is 23.7 Å². The molecule has 2 fully saturated rings. The SMILES string of the molecule is O=C(C1CCCO1)N1CCN(CCCSc2ccccc2Cl)CC1. The number of rotatable bonds is 6. The third-order valence-electron chi connectivity index (χ3n) is 4.60. The molecule has 3 rings (SSSR count). The third-order valence-corrected chi connectivity index (χ3v) is 6.20. The molecule has 0 aromatic heterocycles. The summed E-state index contributed by atoms with van der Waals surface area (Å²) in [5.74, 6) is 1.26. The molecular weight excluding hydrogens is 344 g/mol. The van der Waals surface area contributed by atoms with Crippen LogP contribution < -0.4 is 0 Å². The fourth-order valence-electron chi connectivity index (χ4n) is 3.20. The fourth-order valence-corrected chi connectivity index (χ4v) is 4.37. The lowest BCUT2D eigenvalue weighted by Gasteiger charge is -2.35. The van der Waals surface area contributed by atoms with E-state index in [2.05, 4.69) is 11.0 Å². The van der Waals surface area contributed by atoms with Gasteiger partial charge in [-0.25, -0.2) is 0 Å². The summed E-state index contributed by atoms with van der Waals surface area (Å²) >= 11 is 7.99. The zero-order valence-electron chi connectivity index (χ0n) is 14.0. The first-order valence-corrected chi connectivity index (χ1v) is 10.1. The van der Waals surface area contributed by atoms with Crippen LogP contribution in [0.3, 0.4) is 0 Å². The predicted octanol–water partition coefficient (Wildman–Crippen LogP) is 3.15. The number of carbonyl (C=O) groups excluding carboxylic acids is 1. The quantitative estimate of drug-likeness (QED) is 0.570. The molecule has 6 heteroatoms. The number of carbonyl (C=O) groups is 1. The Balaban J connectivity index is 1.32. The van der Waals surface area contributed by atoms with Crippen molar-refractivity contribution in [1.82, 2.24) is 9.80 Å². The van der Waals surface area contributed by atoms with Gasteiger partial charge in [0.2, 0.25) is 0 Å². The molecule has 1 amide bonds. The maximum atomic E-state index is 12.3. The van der Waals surface area contributed by atoms with Crippen LogP contribution in [0.4, 0.5) is 0 Å². The average Bonchev–Trinajstić information content (AvgIpc) is 3.15. The zero-order chi connectivity index (χ0) is 16.8. The lowest BCUT2D eigenvalue weighted by atomic mass is 10.2. The first-order valence-electron chi connectivity index (χ1n) is 8.74. The second kappa shape index (κ2) is 9.09. The van der Waals surface area contributed by atoms with Crippen LogP contribution in [-0.4, -0.2) is 66.9 Å². The minimum absolute atomic E-state index is 0.177. The summed E-state index contributed by atoms with van der Waals surface area (Å²) in [7, 11) is 0. The first-order chi connectivity index (χ1) is 11.7. The van der Waals surface area contributed by atoms with Gasteiger partial charge in [0.05, 0.1) is 5.02 Å². The Kier molecular flexibility index (Phi) is 6.84. The molecule has 132 valence electrons. The molecule has 2 aliphatic heterocycles. The molecule has 1 atom stereocenters. The molecule has 1 aromatic rings. The van der Waals surface area contributed by atoms with E-state index < -0.39 is 0 Å². The van der Waals surface area contributed by atoms with Gasteiger partial charge in [0.1, 0.15) is 6.10 Å². The summed E-state index contributed by atoms with van der Waals surface area (Å²) in [6.07, 6.45) is 2.86. The molecule has 0 spiro atoms. The fraction of sp³-hybridized carbons (Fsp3) is 0.611. The standard InChI is InChI=1S/C18H25ClN2O2S/c19-15-5-1-2-7-17(15)24-14-4-8-20-9-11-21(12-10-20)18(22)16-6-3-13-23-16/h1-2,5,7,16H,3-4,6,8-14H2. The number of nitrogens with zero attached hydrogens (tertiary/aromatic N) is 2. The Bertz CT molecular complexity index is 544. The second-order valence-corrected chi connectivity index (χ2v) is 7.84. The molecule has 2 heterocycles. The molecule has 1 unspecified atom stereocenters. The van der Waals surface area contributed by atoms with E-state index in [4.69, 9.17) is 16.3 Å². The smallest absolute Gasteiger partial charge is 0.251 e. The van der Waals surface area contributed by atoms with E-state index in [1.807, 2.05) is 34.9 Å². The molecule has 1 aromatic carbocycles. The van der Waals surface area contributed by atoms with Crippen LogP contribution in [-0.2, 0) is 9.53 Å². The van der Waals surface area contributed by atoms with Crippen LogP contribution in [0.2, 0.25) is 5.02 Å². The number of thioether (sulfide) groups is 1. The van der Waals surface area contributed by atoms with Crippen molar-refractivity contribution < 1.29 is 9.53 Å². The number of hydrogen-bond acceptors (Lipinski definition) is 4. The van der Waals surface area contributed by atoms with Crippen LogP contribution in [0.1, 0.15) is 19.3 Å². The molecule has 0 saturated carbocycles. The van der Waals surface area contributed by atoms with Gasteiger partial charge < -0.3 is 9.64 Å². The number of ether oxygens (including phenoxy) is 1. The first kappa shape index (κ1) is 18.1. The summed E-state index contributed by atoms with van der Waals surface area (Å²) in [6, 6.07) is 8.00. The Morgan fingerprint density at radius 2 is 2.04 bits per heavy atom. The van der Waals surface area contributed by atoms with Crippen LogP contribution in [0.15, 0.2) is 29.2 Å². The minimum atomic E-state index is -0.177. The molecule has 2 saturated heterocycles. The van der Waals surface area contributed by atoms with Crippen LogP contribution in [0.25, 0.3) is 0 Å². The Hall–Kier alpha value is -0.750. The number of amides is 1. The highest BCUT2D eigenvalue weighted by Gasteiger charge is 2.30. The van der Waals surface area contributed by atoms with Gasteiger partial charge in [-0.2, -0.15) is 0 Å². The molecule has 2 aliphatic rings. The highest BCUT2D eigenvalue weighted by atomic mass is 35.5. The van der Waals surface area contributed by atoms with Crippen molar-refractivity contribution in [3.05, 3.63) is 29.3 Å². The van der Waals surface area contributed by atoms with Gasteiger partial charge in [0.15, 0.2) is 0 Å². The molecular formula is C18H25ClN2O2S. The highest BCUT2D eigenvalue weighted by molar-refractivity contribution is 7.99. The second-order valence-electron chi connectivity index (χ2n) is 6.30. The van der Waals surface area contributed by atoms with E-state index in [1.54, 1.807) is 0 Å². The highest BCUT2D eigenvalue weighted by Crippen LogP contribution is 2.27. The van der Waals surface area contributed by atoms with E-state index in [9.17, 15) is 4.79 Å². The van der Waals surface area contributed by atoms with Crippen LogP contribution in [0.5, 0.6) is 0 Å². The van der Waals surface area contributed by atoms with Gasteiger partial charge >= 0.3 is 0 Å². The molecule has 24 heavy (non-hydrogen) atoms. The van der Waals surface area contributed by atoms with E-state index >= 15 is 0 Å². The van der Waals surface area contributed by atoms with Crippen LogP contribution in [0, 0.1) is 0 Å². The molecule has 0 bridgehead atoms. The number of piperazine rings is 1. The van der Waals surface area contributed by atoms with Crippen molar-refractivity contribution in [3.8, 4) is 0 Å². The molecule has 4 nitrogen and oxygen atoms in total. The minimum Gasteiger partial charge on any atom is -0.368 e. The summed E-state index contributed by atoms with van der Waals surface area (Å²) in [6.45, 7) is 5.41. The van der Waals surface area contributed by atoms with E-state index in [0.29, 0.717) is 0 Å². The van der Waals surface area contributed by atoms with Gasteiger partial charge in [-0.05, 0) is 43.7 Å². The van der Waals surface area contributed by atoms with Gasteiger partial charge in [-0.3, -0.25) is 9.69 Å². The third kappa shape index (κ3) is 4.88. The number of hydrogen-bond donors (Lipinski definition) is 0. The maximum Gasteiger partial charge on any atom is 0.251 e. The largest absolute Gasteiger partial charge is 0.368 e. The lowest BCUT2D eigenvalue weighted by molar-refractivity contribution is -0.142. The van der Waals surface area contributed by atoms with Crippen molar-refractivity contribution in [2.75, 3.05) is 45.1 Å². The molecule has 0 radical (unpaired) electrons. The van der Waals surface area contributed by atoms with Gasteiger partial charge in [0.25, 0.3) is 5.91 Å². The van der Waals surface area contributed by atoms with Gasteiger partial charge in [-0.15, -0.1) is 11.8 Å². The van der Waals surface area contributed by atoms with Crippen molar-refractivity contribution in [2.45, 2.75) is 30.3 Å². The van der Waals surface area contributed by atoms with Crippen molar-refractivity contribution in [2.24, 2.45) is 0 Å². The molecule has 0 N–H and O–H groups in total. The lowest BCUT2D eigenvalue weighted by Crippen LogP contribution is -2.51. The summed E-state index contributed by atoms with van der Waals surface area (Å²) in [5.41, 5.74) is 0. The Morgan fingerprint density at radius 3 is 2.75 bits per heavy atom. The predicted molar refractivity (Wildman–Crippen MR) is 98.8 cm³/mol. The van der Waals surface area contributed by atoms with Crippen molar-refractivity contribution in [1.29, 1.82) is 0 Å². The maximum absolute atomic E-state index is 12.3.